The summed E-state index contributed by atoms with van der Waals surface area (Å²) >= 11 is 13.2. The molecule has 4 nitrogen and oxygen atoms in total. The van der Waals surface area contributed by atoms with E-state index in [1.807, 2.05) is 68.7 Å². The largest absolute Gasteiger partial charge is 0.370 e. The van der Waals surface area contributed by atoms with Gasteiger partial charge in [-0.15, -0.1) is 0 Å². The first kappa shape index (κ1) is 18.6. The van der Waals surface area contributed by atoms with E-state index in [2.05, 4.69) is 21.3 Å². The minimum Gasteiger partial charge on any atom is -0.370 e. The maximum atomic E-state index is 9.85. The van der Waals surface area contributed by atoms with E-state index in [1.165, 1.54) is 0 Å². The smallest absolute Gasteiger partial charge is 0.139 e. The highest BCUT2D eigenvalue weighted by Gasteiger charge is 2.27. The molecule has 2 aromatic carbocycles. The van der Waals surface area contributed by atoms with Crippen LogP contribution >= 0.6 is 23.2 Å². The lowest BCUT2D eigenvalue weighted by molar-refractivity contribution is 0.324. The minimum atomic E-state index is -0.404. The molecule has 0 spiro atoms. The molecule has 1 aromatic heterocycles. The lowest BCUT2D eigenvalue weighted by Crippen LogP contribution is -2.31. The van der Waals surface area contributed by atoms with E-state index in [-0.39, 0.29) is 6.17 Å². The van der Waals surface area contributed by atoms with Crippen molar-refractivity contribution in [3.8, 4) is 17.2 Å². The first-order valence-corrected chi connectivity index (χ1v) is 9.69. The van der Waals surface area contributed by atoms with Crippen molar-refractivity contribution in [1.29, 1.82) is 5.26 Å². The van der Waals surface area contributed by atoms with Crippen LogP contribution < -0.4 is 5.32 Å². The zero-order valence-electron chi connectivity index (χ0n) is 15.4. The van der Waals surface area contributed by atoms with Crippen molar-refractivity contribution in [3.05, 3.63) is 76.2 Å². The second kappa shape index (κ2) is 7.35. The number of hydrogen-bond acceptors (Lipinski definition) is 4. The van der Waals surface area contributed by atoms with Crippen LogP contribution in [-0.4, -0.2) is 23.1 Å². The number of allylic oxidation sites excluding steroid dienone is 1. The zero-order valence-corrected chi connectivity index (χ0v) is 17.0. The molecule has 0 bridgehead atoms. The van der Waals surface area contributed by atoms with Crippen molar-refractivity contribution < 1.29 is 0 Å². The minimum absolute atomic E-state index is 0.153. The Morgan fingerprint density at radius 1 is 1.18 bits per heavy atom. The maximum Gasteiger partial charge on any atom is 0.139 e. The number of rotatable bonds is 3. The van der Waals surface area contributed by atoms with Gasteiger partial charge in [0.05, 0.1) is 28.5 Å². The van der Waals surface area contributed by atoms with Gasteiger partial charge in [-0.3, -0.25) is 0 Å². The normalized spacial score (nSPS) is 17.2. The van der Waals surface area contributed by atoms with Gasteiger partial charge in [-0.2, -0.15) is 5.26 Å². The van der Waals surface area contributed by atoms with Crippen LogP contribution in [-0.2, 0) is 0 Å². The highest BCUT2D eigenvalue weighted by atomic mass is 35.5. The van der Waals surface area contributed by atoms with Gasteiger partial charge in [-0.1, -0.05) is 59.6 Å². The predicted molar refractivity (Wildman–Crippen MR) is 114 cm³/mol. The molecule has 0 radical (unpaired) electrons. The summed E-state index contributed by atoms with van der Waals surface area (Å²) in [6.07, 6.45) is 2.06. The molecule has 4 rings (SSSR count). The van der Waals surface area contributed by atoms with Crippen molar-refractivity contribution >= 4 is 34.1 Å². The summed E-state index contributed by atoms with van der Waals surface area (Å²) in [4.78, 5) is 6.59. The van der Waals surface area contributed by atoms with E-state index >= 15 is 0 Å². The molecule has 2 heterocycles. The SMILES string of the molecule is CC1NC=C(C(C#N)c2ccc3nc(Cl)c(-c4ccccc4)c(Cl)c3c2)N1C. The van der Waals surface area contributed by atoms with E-state index in [9.17, 15) is 5.26 Å². The number of nitrogens with one attached hydrogen (secondary N) is 1. The number of fused-ring (bicyclic) bond motifs is 1. The second-order valence-electron chi connectivity index (χ2n) is 6.82. The third-order valence-electron chi connectivity index (χ3n) is 5.18. The number of aromatic nitrogens is 1. The molecular formula is C22H18Cl2N4. The summed E-state index contributed by atoms with van der Waals surface area (Å²) in [5, 5.41) is 14.8. The Morgan fingerprint density at radius 3 is 2.57 bits per heavy atom. The van der Waals surface area contributed by atoms with Crippen molar-refractivity contribution in [2.24, 2.45) is 0 Å². The number of likely N-dealkylation sites (N-methyl/N-ethyl adjacent to an activating group) is 1. The molecule has 1 aliphatic rings. The first-order chi connectivity index (χ1) is 13.5. The van der Waals surface area contributed by atoms with Crippen molar-refractivity contribution in [1.82, 2.24) is 15.2 Å². The molecule has 0 saturated heterocycles. The van der Waals surface area contributed by atoms with Crippen molar-refractivity contribution in [2.75, 3.05) is 7.05 Å². The summed E-state index contributed by atoms with van der Waals surface area (Å²) in [6.45, 7) is 2.05. The van der Waals surface area contributed by atoms with Gasteiger partial charge in [0, 0.05) is 24.2 Å². The molecule has 2 atom stereocenters. The third-order valence-corrected chi connectivity index (χ3v) is 5.85. The summed E-state index contributed by atoms with van der Waals surface area (Å²) in [5.74, 6) is -0.404. The molecule has 1 N–H and O–H groups in total. The van der Waals surface area contributed by atoms with Crippen molar-refractivity contribution in [3.63, 3.8) is 0 Å². The van der Waals surface area contributed by atoms with Crippen LogP contribution in [0.1, 0.15) is 18.4 Å². The predicted octanol–water partition coefficient (Wildman–Crippen LogP) is 5.54. The first-order valence-electron chi connectivity index (χ1n) is 8.94. The molecule has 140 valence electrons. The number of pyridine rings is 1. The number of nitrogens with zero attached hydrogens (tertiary/aromatic N) is 3. The lowest BCUT2D eigenvalue weighted by atomic mass is 9.94. The maximum absolute atomic E-state index is 9.85. The van der Waals surface area contributed by atoms with Crippen LogP contribution in [0, 0.1) is 11.3 Å². The average Bonchev–Trinajstić information content (AvgIpc) is 3.03. The molecule has 0 amide bonds. The monoisotopic (exact) mass is 408 g/mol. The van der Waals surface area contributed by atoms with Crippen LogP contribution in [0.25, 0.3) is 22.0 Å². The van der Waals surface area contributed by atoms with Gasteiger partial charge in [0.25, 0.3) is 0 Å². The summed E-state index contributed by atoms with van der Waals surface area (Å²) in [7, 11) is 1.98. The molecule has 0 saturated carbocycles. The fourth-order valence-electron chi connectivity index (χ4n) is 3.49. The number of halogens is 2. The molecule has 0 fully saturated rings. The Kier molecular flexibility index (Phi) is 4.89. The molecular weight excluding hydrogens is 391 g/mol. The molecule has 28 heavy (non-hydrogen) atoms. The molecule has 3 aromatic rings. The lowest BCUT2D eigenvalue weighted by Gasteiger charge is -2.24. The van der Waals surface area contributed by atoms with Crippen molar-refractivity contribution in [2.45, 2.75) is 19.0 Å². The summed E-state index contributed by atoms with van der Waals surface area (Å²) in [5.41, 5.74) is 4.11. The Labute approximate surface area is 174 Å². The molecule has 2 unspecified atom stereocenters. The third kappa shape index (κ3) is 3.07. The van der Waals surface area contributed by atoms with E-state index in [0.29, 0.717) is 21.3 Å². The van der Waals surface area contributed by atoms with E-state index in [0.717, 1.165) is 22.2 Å². The highest BCUT2D eigenvalue weighted by molar-refractivity contribution is 6.42. The van der Waals surface area contributed by atoms with Gasteiger partial charge >= 0.3 is 0 Å². The van der Waals surface area contributed by atoms with Crippen LogP contribution in [0.3, 0.4) is 0 Å². The fraction of sp³-hybridized carbons (Fsp3) is 0.182. The van der Waals surface area contributed by atoms with E-state index in [4.69, 9.17) is 23.2 Å². The average molecular weight is 409 g/mol. The summed E-state index contributed by atoms with van der Waals surface area (Å²) < 4.78 is 0. The van der Waals surface area contributed by atoms with Crippen LogP contribution in [0.5, 0.6) is 0 Å². The van der Waals surface area contributed by atoms with Crippen LogP contribution in [0.4, 0.5) is 0 Å². The van der Waals surface area contributed by atoms with Gasteiger partial charge in [0.2, 0.25) is 0 Å². The Hall–Kier alpha value is -2.74. The Bertz CT molecular complexity index is 1120. The quantitative estimate of drug-likeness (QED) is 0.578. The fourth-order valence-corrected chi connectivity index (χ4v) is 4.18. The van der Waals surface area contributed by atoms with Gasteiger partial charge < -0.3 is 10.2 Å². The Morgan fingerprint density at radius 2 is 1.93 bits per heavy atom. The van der Waals surface area contributed by atoms with Gasteiger partial charge in [-0.05, 0) is 30.2 Å². The molecule has 0 aliphatic carbocycles. The second-order valence-corrected chi connectivity index (χ2v) is 7.56. The Balaban J connectivity index is 1.86. The number of nitriles is 1. The molecule has 6 heteroatoms. The van der Waals surface area contributed by atoms with Gasteiger partial charge in [-0.25, -0.2) is 4.98 Å². The van der Waals surface area contributed by atoms with E-state index < -0.39 is 5.92 Å². The van der Waals surface area contributed by atoms with Gasteiger partial charge in [0.15, 0.2) is 0 Å². The standard InChI is InChI=1S/C22H18Cl2N4/c1-13-26-12-19(28(13)2)17(11-25)15-8-9-18-16(10-15)21(23)20(22(24)27-18)14-6-4-3-5-7-14/h3-10,12-13,17,26H,1-2H3. The highest BCUT2D eigenvalue weighted by Crippen LogP contribution is 2.40. The zero-order chi connectivity index (χ0) is 19.8. The van der Waals surface area contributed by atoms with Crippen LogP contribution in [0.2, 0.25) is 10.2 Å². The number of benzene rings is 2. The number of hydrogen-bond donors (Lipinski definition) is 1. The van der Waals surface area contributed by atoms with Gasteiger partial charge in [0.1, 0.15) is 11.1 Å². The molecule has 1 aliphatic heterocycles. The van der Waals surface area contributed by atoms with Crippen LogP contribution in [0.15, 0.2) is 60.4 Å². The topological polar surface area (TPSA) is 52.0 Å². The van der Waals surface area contributed by atoms with E-state index in [1.54, 1.807) is 0 Å². The summed E-state index contributed by atoms with van der Waals surface area (Å²) in [6, 6.07) is 17.9.